The van der Waals surface area contributed by atoms with Gasteiger partial charge in [0.15, 0.2) is 0 Å². The maximum atomic E-state index is 13.0. The number of benzene rings is 2. The fourth-order valence-electron chi connectivity index (χ4n) is 3.30. The molecule has 1 aliphatic heterocycles. The minimum atomic E-state index is -0.348. The van der Waals surface area contributed by atoms with E-state index in [0.29, 0.717) is 42.6 Å². The molecule has 2 aromatic carbocycles. The highest BCUT2D eigenvalue weighted by Gasteiger charge is 2.25. The van der Waals surface area contributed by atoms with Crippen molar-refractivity contribution in [3.05, 3.63) is 70.4 Å². The molecule has 0 spiro atoms. The maximum absolute atomic E-state index is 13.0. The SMILES string of the molecule is O=C(CN1CCN(C(=O)c2csc(-c3ccc(Cl)cc3)n2)CC1)Nc1ccc(F)cc1. The third-order valence-electron chi connectivity index (χ3n) is 4.97. The number of nitrogens with one attached hydrogen (secondary N) is 1. The molecule has 1 aromatic heterocycles. The molecule has 9 heteroatoms. The van der Waals surface area contributed by atoms with Gasteiger partial charge in [-0.15, -0.1) is 11.3 Å². The van der Waals surface area contributed by atoms with Crippen LogP contribution in [-0.4, -0.2) is 59.3 Å². The smallest absolute Gasteiger partial charge is 0.273 e. The van der Waals surface area contributed by atoms with Gasteiger partial charge >= 0.3 is 0 Å². The van der Waals surface area contributed by atoms with E-state index < -0.39 is 0 Å². The molecule has 0 unspecified atom stereocenters. The first-order chi connectivity index (χ1) is 15.0. The zero-order valence-corrected chi connectivity index (χ0v) is 18.1. The second-order valence-corrected chi connectivity index (χ2v) is 8.46. The molecule has 6 nitrogen and oxygen atoms in total. The Labute approximate surface area is 188 Å². The first-order valence-corrected chi connectivity index (χ1v) is 11.0. The number of carbonyl (C=O) groups excluding carboxylic acids is 2. The van der Waals surface area contributed by atoms with Crippen molar-refractivity contribution >= 4 is 40.4 Å². The Morgan fingerprint density at radius 3 is 2.39 bits per heavy atom. The van der Waals surface area contributed by atoms with Gasteiger partial charge in [0.05, 0.1) is 6.54 Å². The first kappa shape index (κ1) is 21.4. The summed E-state index contributed by atoms with van der Waals surface area (Å²) in [6.07, 6.45) is 0. The van der Waals surface area contributed by atoms with Crippen LogP contribution in [0.25, 0.3) is 10.6 Å². The lowest BCUT2D eigenvalue weighted by Gasteiger charge is -2.33. The fourth-order valence-corrected chi connectivity index (χ4v) is 4.23. The minimum absolute atomic E-state index is 0.105. The van der Waals surface area contributed by atoms with Gasteiger partial charge in [0.2, 0.25) is 5.91 Å². The molecule has 2 heterocycles. The predicted molar refractivity (Wildman–Crippen MR) is 120 cm³/mol. The second kappa shape index (κ2) is 9.55. The molecule has 160 valence electrons. The van der Waals surface area contributed by atoms with Gasteiger partial charge in [-0.1, -0.05) is 23.7 Å². The number of amides is 2. The van der Waals surface area contributed by atoms with Crippen LogP contribution in [0.15, 0.2) is 53.9 Å². The lowest BCUT2D eigenvalue weighted by molar-refractivity contribution is -0.117. The largest absolute Gasteiger partial charge is 0.335 e. The van der Waals surface area contributed by atoms with Crippen molar-refractivity contribution in [3.63, 3.8) is 0 Å². The van der Waals surface area contributed by atoms with Crippen molar-refractivity contribution in [1.29, 1.82) is 0 Å². The molecule has 4 rings (SSSR count). The van der Waals surface area contributed by atoms with E-state index >= 15 is 0 Å². The van der Waals surface area contributed by atoms with Gasteiger partial charge in [-0.05, 0) is 36.4 Å². The van der Waals surface area contributed by atoms with Crippen LogP contribution in [0.3, 0.4) is 0 Å². The molecular weight excluding hydrogens is 439 g/mol. The number of aromatic nitrogens is 1. The summed E-state index contributed by atoms with van der Waals surface area (Å²) < 4.78 is 13.0. The number of anilines is 1. The van der Waals surface area contributed by atoms with E-state index in [2.05, 4.69) is 10.3 Å². The summed E-state index contributed by atoms with van der Waals surface area (Å²) in [6, 6.07) is 13.0. The normalized spacial score (nSPS) is 14.5. The average Bonchev–Trinajstić information content (AvgIpc) is 3.26. The number of hydrogen-bond donors (Lipinski definition) is 1. The van der Waals surface area contributed by atoms with Crippen LogP contribution < -0.4 is 5.32 Å². The van der Waals surface area contributed by atoms with Crippen LogP contribution >= 0.6 is 22.9 Å². The molecule has 1 saturated heterocycles. The summed E-state index contributed by atoms with van der Waals surface area (Å²) in [7, 11) is 0. The number of halogens is 2. The van der Waals surface area contributed by atoms with Crippen LogP contribution in [0.2, 0.25) is 5.02 Å². The Morgan fingerprint density at radius 1 is 1.03 bits per heavy atom. The monoisotopic (exact) mass is 458 g/mol. The second-order valence-electron chi connectivity index (χ2n) is 7.17. The molecule has 1 fully saturated rings. The summed E-state index contributed by atoms with van der Waals surface area (Å²) in [6.45, 7) is 2.46. The number of carbonyl (C=O) groups is 2. The van der Waals surface area contributed by atoms with Gasteiger partial charge in [-0.25, -0.2) is 9.37 Å². The molecule has 0 radical (unpaired) electrons. The Morgan fingerprint density at radius 2 is 1.71 bits per heavy atom. The van der Waals surface area contributed by atoms with Crippen LogP contribution in [-0.2, 0) is 4.79 Å². The number of piperazine rings is 1. The van der Waals surface area contributed by atoms with Crippen LogP contribution in [0.4, 0.5) is 10.1 Å². The van der Waals surface area contributed by atoms with E-state index in [0.717, 1.165) is 10.6 Å². The molecule has 1 aliphatic rings. The van der Waals surface area contributed by atoms with Gasteiger partial charge < -0.3 is 10.2 Å². The van der Waals surface area contributed by atoms with E-state index in [4.69, 9.17) is 11.6 Å². The third kappa shape index (κ3) is 5.46. The molecule has 0 atom stereocenters. The van der Waals surface area contributed by atoms with E-state index in [1.165, 1.54) is 35.6 Å². The molecule has 0 saturated carbocycles. The highest BCUT2D eigenvalue weighted by molar-refractivity contribution is 7.13. The Hall–Kier alpha value is -2.81. The highest BCUT2D eigenvalue weighted by Crippen LogP contribution is 2.25. The van der Waals surface area contributed by atoms with Crippen LogP contribution in [0.5, 0.6) is 0 Å². The van der Waals surface area contributed by atoms with Gasteiger partial charge in [0.25, 0.3) is 5.91 Å². The third-order valence-corrected chi connectivity index (χ3v) is 6.11. The lowest BCUT2D eigenvalue weighted by atomic mass is 10.2. The van der Waals surface area contributed by atoms with Crippen molar-refractivity contribution in [1.82, 2.24) is 14.8 Å². The van der Waals surface area contributed by atoms with E-state index in [1.807, 2.05) is 17.0 Å². The van der Waals surface area contributed by atoms with Gasteiger partial charge in [0.1, 0.15) is 16.5 Å². The molecule has 3 aromatic rings. The highest BCUT2D eigenvalue weighted by atomic mass is 35.5. The predicted octanol–water partition coefficient (Wildman–Crippen LogP) is 4.00. The van der Waals surface area contributed by atoms with Gasteiger partial charge in [-0.2, -0.15) is 0 Å². The van der Waals surface area contributed by atoms with Crippen molar-refractivity contribution in [2.24, 2.45) is 0 Å². The summed E-state index contributed by atoms with van der Waals surface area (Å²) in [5.74, 6) is -0.621. The number of nitrogens with zero attached hydrogens (tertiary/aromatic N) is 3. The Kier molecular flexibility index (Phi) is 6.60. The lowest BCUT2D eigenvalue weighted by Crippen LogP contribution is -2.50. The molecule has 2 amide bonds. The first-order valence-electron chi connectivity index (χ1n) is 9.76. The summed E-state index contributed by atoms with van der Waals surface area (Å²) in [5.41, 5.74) is 1.91. The molecule has 31 heavy (non-hydrogen) atoms. The quantitative estimate of drug-likeness (QED) is 0.627. The van der Waals surface area contributed by atoms with Gasteiger partial charge in [0, 0.05) is 47.8 Å². The number of hydrogen-bond acceptors (Lipinski definition) is 5. The minimum Gasteiger partial charge on any atom is -0.335 e. The van der Waals surface area contributed by atoms with Crippen LogP contribution in [0, 0.1) is 5.82 Å². The van der Waals surface area contributed by atoms with Crippen molar-refractivity contribution in [2.45, 2.75) is 0 Å². The van der Waals surface area contributed by atoms with Crippen molar-refractivity contribution < 1.29 is 14.0 Å². The number of rotatable bonds is 5. The zero-order valence-electron chi connectivity index (χ0n) is 16.6. The molecule has 1 N–H and O–H groups in total. The molecular formula is C22H20ClFN4O2S. The number of thiazole rings is 1. The summed E-state index contributed by atoms with van der Waals surface area (Å²) in [5, 5.41) is 5.95. The van der Waals surface area contributed by atoms with Crippen LogP contribution in [0.1, 0.15) is 10.5 Å². The summed E-state index contributed by atoms with van der Waals surface area (Å²) in [4.78, 5) is 33.3. The van der Waals surface area contributed by atoms with Crippen molar-refractivity contribution in [3.8, 4) is 10.6 Å². The van der Waals surface area contributed by atoms with Gasteiger partial charge in [-0.3, -0.25) is 14.5 Å². The van der Waals surface area contributed by atoms with E-state index in [1.54, 1.807) is 22.4 Å². The fraction of sp³-hybridized carbons (Fsp3) is 0.227. The standard InChI is InChI=1S/C22H20ClFN4O2S/c23-16-3-1-15(2-4-16)21-26-19(14-31-21)22(30)28-11-9-27(10-12-28)13-20(29)25-18-7-5-17(24)6-8-18/h1-8,14H,9-13H2,(H,25,29). The van der Waals surface area contributed by atoms with E-state index in [9.17, 15) is 14.0 Å². The Balaban J connectivity index is 1.28. The van der Waals surface area contributed by atoms with Crippen molar-refractivity contribution in [2.75, 3.05) is 38.0 Å². The van der Waals surface area contributed by atoms with E-state index in [-0.39, 0.29) is 24.2 Å². The average molecular weight is 459 g/mol. The maximum Gasteiger partial charge on any atom is 0.273 e. The Bertz CT molecular complexity index is 1060. The molecule has 0 bridgehead atoms. The molecule has 0 aliphatic carbocycles. The zero-order chi connectivity index (χ0) is 21.8. The topological polar surface area (TPSA) is 65.5 Å². The summed E-state index contributed by atoms with van der Waals surface area (Å²) >= 11 is 7.35.